The fourth-order valence-electron chi connectivity index (χ4n) is 1.78. The van der Waals surface area contributed by atoms with Crippen molar-refractivity contribution in [3.63, 3.8) is 0 Å². The molecule has 1 amide bonds. The van der Waals surface area contributed by atoms with Crippen LogP contribution in [-0.2, 0) is 4.79 Å². The first kappa shape index (κ1) is 12.7. The van der Waals surface area contributed by atoms with Crippen molar-refractivity contribution in [2.75, 3.05) is 19.8 Å². The summed E-state index contributed by atoms with van der Waals surface area (Å²) in [6.07, 6.45) is 2.08. The van der Waals surface area contributed by atoms with E-state index < -0.39 is 11.9 Å². The van der Waals surface area contributed by atoms with Crippen LogP contribution in [0, 0.1) is 5.92 Å². The van der Waals surface area contributed by atoms with Crippen LogP contribution >= 0.6 is 0 Å². The third-order valence-corrected chi connectivity index (χ3v) is 2.88. The minimum atomic E-state index is -0.695. The maximum Gasteiger partial charge on any atom is 0.281 e. The van der Waals surface area contributed by atoms with E-state index in [0.29, 0.717) is 18.8 Å². The Bertz CT molecular complexity index is 427. The number of carbonyl (C=O) groups excluding carboxylic acids is 1. The quantitative estimate of drug-likeness (QED) is 0.520. The highest BCUT2D eigenvalue weighted by atomic mass is 16.3. The molecule has 2 aliphatic rings. The van der Waals surface area contributed by atoms with E-state index in [1.807, 2.05) is 0 Å². The second kappa shape index (κ2) is 5.23. The van der Waals surface area contributed by atoms with Crippen molar-refractivity contribution in [3.8, 4) is 0 Å². The van der Waals surface area contributed by atoms with Gasteiger partial charge in [0.05, 0.1) is 6.34 Å². The molecule has 18 heavy (non-hydrogen) atoms. The Morgan fingerprint density at radius 2 is 2.11 bits per heavy atom. The van der Waals surface area contributed by atoms with Crippen molar-refractivity contribution in [2.45, 2.75) is 12.5 Å². The molecule has 0 aromatic heterocycles. The lowest BCUT2D eigenvalue weighted by atomic mass is 10.1. The SMILES string of the molecule is NC1=NC(=O)C2N=CN(CCC(CO)CO)C2=N1. The molecule has 0 saturated carbocycles. The van der Waals surface area contributed by atoms with Crippen LogP contribution in [0.1, 0.15) is 6.42 Å². The molecule has 98 valence electrons. The highest BCUT2D eigenvalue weighted by molar-refractivity contribution is 6.21. The van der Waals surface area contributed by atoms with Crippen molar-refractivity contribution in [1.82, 2.24) is 4.90 Å². The van der Waals surface area contributed by atoms with Crippen LogP contribution in [0.25, 0.3) is 0 Å². The molecule has 2 heterocycles. The lowest BCUT2D eigenvalue weighted by molar-refractivity contribution is -0.117. The van der Waals surface area contributed by atoms with Gasteiger partial charge in [0.25, 0.3) is 5.91 Å². The average Bonchev–Trinajstić information content (AvgIpc) is 2.74. The van der Waals surface area contributed by atoms with E-state index in [1.165, 1.54) is 6.34 Å². The lowest BCUT2D eigenvalue weighted by Gasteiger charge is -2.21. The van der Waals surface area contributed by atoms with Crippen LogP contribution in [0.3, 0.4) is 0 Å². The molecule has 0 saturated heterocycles. The predicted molar refractivity (Wildman–Crippen MR) is 65.3 cm³/mol. The molecule has 1 unspecified atom stereocenters. The molecule has 1 atom stereocenters. The van der Waals surface area contributed by atoms with Gasteiger partial charge in [-0.15, -0.1) is 0 Å². The van der Waals surface area contributed by atoms with E-state index in [4.69, 9.17) is 15.9 Å². The number of aliphatic hydroxyl groups is 2. The van der Waals surface area contributed by atoms with E-state index >= 15 is 0 Å². The predicted octanol–water partition coefficient (Wildman–Crippen LogP) is -2.06. The Balaban J connectivity index is 2.01. The van der Waals surface area contributed by atoms with Gasteiger partial charge in [-0.3, -0.25) is 9.79 Å². The van der Waals surface area contributed by atoms with E-state index in [9.17, 15) is 4.79 Å². The van der Waals surface area contributed by atoms with E-state index in [2.05, 4.69) is 15.0 Å². The standard InChI is InChI=1S/C10H15N5O3/c11-10-13-8-7(9(18)14-10)12-5-15(8)2-1-6(3-16)4-17/h5-7,16-17H,1-4H2,(H2,11,14,18). The zero-order valence-electron chi connectivity index (χ0n) is 9.73. The number of nitrogens with zero attached hydrogens (tertiary/aromatic N) is 4. The van der Waals surface area contributed by atoms with Crippen molar-refractivity contribution in [2.24, 2.45) is 26.6 Å². The molecule has 0 spiro atoms. The molecule has 0 aliphatic carbocycles. The fraction of sp³-hybridized carbons (Fsp3) is 0.600. The molecule has 0 bridgehead atoms. The van der Waals surface area contributed by atoms with Crippen LogP contribution in [0.4, 0.5) is 0 Å². The molecule has 2 aliphatic heterocycles. The topological polar surface area (TPSA) is 124 Å². The van der Waals surface area contributed by atoms with Gasteiger partial charge in [-0.25, -0.2) is 0 Å². The summed E-state index contributed by atoms with van der Waals surface area (Å²) in [6.45, 7) is 0.338. The number of hydrogen-bond acceptors (Lipinski definition) is 7. The van der Waals surface area contributed by atoms with Crippen LogP contribution in [-0.4, -0.2) is 65.0 Å². The summed E-state index contributed by atoms with van der Waals surface area (Å²) in [5.41, 5.74) is 5.43. The van der Waals surface area contributed by atoms with E-state index in [1.54, 1.807) is 4.90 Å². The van der Waals surface area contributed by atoms with Gasteiger partial charge in [-0.2, -0.15) is 9.98 Å². The van der Waals surface area contributed by atoms with Gasteiger partial charge in [0.1, 0.15) is 5.84 Å². The van der Waals surface area contributed by atoms with Gasteiger partial charge in [-0.05, 0) is 6.42 Å². The van der Waals surface area contributed by atoms with Gasteiger partial charge >= 0.3 is 0 Å². The van der Waals surface area contributed by atoms with Crippen molar-refractivity contribution < 1.29 is 15.0 Å². The zero-order valence-corrected chi connectivity index (χ0v) is 9.73. The third-order valence-electron chi connectivity index (χ3n) is 2.88. The monoisotopic (exact) mass is 253 g/mol. The van der Waals surface area contributed by atoms with Gasteiger partial charge in [0.15, 0.2) is 6.04 Å². The first-order valence-electron chi connectivity index (χ1n) is 5.64. The largest absolute Gasteiger partial charge is 0.396 e. The highest BCUT2D eigenvalue weighted by Gasteiger charge is 2.35. The van der Waals surface area contributed by atoms with Crippen molar-refractivity contribution in [3.05, 3.63) is 0 Å². The number of aliphatic hydroxyl groups excluding tert-OH is 2. The van der Waals surface area contributed by atoms with Crippen LogP contribution in [0.5, 0.6) is 0 Å². The Kier molecular flexibility index (Phi) is 3.68. The smallest absolute Gasteiger partial charge is 0.281 e. The van der Waals surface area contributed by atoms with Gasteiger partial charge in [-0.1, -0.05) is 0 Å². The molecule has 0 aromatic rings. The number of guanidine groups is 1. The Labute approximate surface area is 104 Å². The maximum atomic E-state index is 11.5. The second-order valence-electron chi connectivity index (χ2n) is 4.16. The first-order valence-corrected chi connectivity index (χ1v) is 5.64. The number of nitrogens with two attached hydrogens (primary N) is 1. The van der Waals surface area contributed by atoms with E-state index in [-0.39, 0.29) is 25.1 Å². The van der Waals surface area contributed by atoms with Crippen molar-refractivity contribution in [1.29, 1.82) is 0 Å². The summed E-state index contributed by atoms with van der Waals surface area (Å²) in [7, 11) is 0. The first-order chi connectivity index (χ1) is 8.65. The normalized spacial score (nSPS) is 22.3. The minimum Gasteiger partial charge on any atom is -0.396 e. The van der Waals surface area contributed by atoms with Crippen LogP contribution in [0.2, 0.25) is 0 Å². The molecule has 0 fully saturated rings. The van der Waals surface area contributed by atoms with Crippen LogP contribution in [0.15, 0.2) is 15.0 Å². The van der Waals surface area contributed by atoms with Gasteiger partial charge in [0, 0.05) is 25.7 Å². The fourth-order valence-corrected chi connectivity index (χ4v) is 1.78. The maximum absolute atomic E-state index is 11.5. The summed E-state index contributed by atoms with van der Waals surface area (Å²) < 4.78 is 0. The third kappa shape index (κ3) is 2.39. The average molecular weight is 253 g/mol. The molecule has 2 rings (SSSR count). The zero-order chi connectivity index (χ0) is 13.1. The molecule has 8 nitrogen and oxygen atoms in total. The number of aliphatic imine (C=N–C) groups is 3. The summed E-state index contributed by atoms with van der Waals surface area (Å²) in [6, 6.07) is -0.695. The summed E-state index contributed by atoms with van der Waals surface area (Å²) in [5, 5.41) is 18.0. The van der Waals surface area contributed by atoms with Crippen molar-refractivity contribution >= 4 is 24.0 Å². The molecule has 0 radical (unpaired) electrons. The Morgan fingerprint density at radius 3 is 2.78 bits per heavy atom. The van der Waals surface area contributed by atoms with Gasteiger partial charge in [0.2, 0.25) is 5.96 Å². The number of amides is 1. The summed E-state index contributed by atoms with van der Waals surface area (Å²) >= 11 is 0. The number of hydrogen-bond donors (Lipinski definition) is 3. The van der Waals surface area contributed by atoms with Crippen LogP contribution < -0.4 is 5.73 Å². The number of rotatable bonds is 5. The summed E-state index contributed by atoms with van der Waals surface area (Å²) in [4.78, 5) is 24.8. The molecular formula is C10H15N5O3. The Morgan fingerprint density at radius 1 is 1.39 bits per heavy atom. The second-order valence-corrected chi connectivity index (χ2v) is 4.16. The molecular weight excluding hydrogens is 238 g/mol. The number of carbonyl (C=O) groups is 1. The minimum absolute atomic E-state index is 0.0670. The van der Waals surface area contributed by atoms with E-state index in [0.717, 1.165) is 0 Å². The molecule has 8 heteroatoms. The molecule has 4 N–H and O–H groups in total. The summed E-state index contributed by atoms with van der Waals surface area (Å²) in [5.74, 6) is -0.217. The number of fused-ring (bicyclic) bond motifs is 1. The lowest BCUT2D eigenvalue weighted by Crippen LogP contribution is -2.40. The molecule has 0 aromatic carbocycles. The Hall–Kier alpha value is -1.80. The highest BCUT2D eigenvalue weighted by Crippen LogP contribution is 2.15. The number of amidine groups is 1. The van der Waals surface area contributed by atoms with Gasteiger partial charge < -0.3 is 20.8 Å².